The van der Waals surface area contributed by atoms with Gasteiger partial charge < -0.3 is 5.32 Å². The van der Waals surface area contributed by atoms with Crippen LogP contribution in [-0.2, 0) is 6.54 Å². The molecule has 0 atom stereocenters. The minimum Gasteiger partial charge on any atom is -0.316 e. The average molecular weight is 265 g/mol. The van der Waals surface area contributed by atoms with Gasteiger partial charge in [0.2, 0.25) is 0 Å². The molecule has 1 N–H and O–H groups in total. The smallest absolute Gasteiger partial charge is 0.0417 e. The summed E-state index contributed by atoms with van der Waals surface area (Å²) in [5.41, 5.74) is 1.25. The molecule has 0 unspecified atom stereocenters. The standard InChI is InChI=1S/C13H13ClN2S/c1-15-9-10-2-3-11(14)8-13(10)17-12-4-6-16-7-5-12/h2-8,15H,9H2,1H3. The molecule has 1 heterocycles. The number of aromatic nitrogens is 1. The Morgan fingerprint density at radius 2 is 2.00 bits per heavy atom. The second-order valence-electron chi connectivity index (χ2n) is 3.57. The number of hydrogen-bond donors (Lipinski definition) is 1. The Hall–Kier alpha value is -1.03. The first-order chi connectivity index (χ1) is 8.29. The number of benzene rings is 1. The van der Waals surface area contributed by atoms with E-state index in [-0.39, 0.29) is 0 Å². The summed E-state index contributed by atoms with van der Waals surface area (Å²) in [5, 5.41) is 3.93. The van der Waals surface area contributed by atoms with Gasteiger partial charge in [0.1, 0.15) is 0 Å². The van der Waals surface area contributed by atoms with E-state index >= 15 is 0 Å². The van der Waals surface area contributed by atoms with Crippen molar-refractivity contribution >= 4 is 23.4 Å². The molecule has 0 bridgehead atoms. The lowest BCUT2D eigenvalue weighted by Crippen LogP contribution is -2.05. The van der Waals surface area contributed by atoms with Gasteiger partial charge in [-0.25, -0.2) is 0 Å². The molecule has 0 aliphatic heterocycles. The van der Waals surface area contributed by atoms with E-state index in [4.69, 9.17) is 11.6 Å². The van der Waals surface area contributed by atoms with E-state index in [1.807, 2.05) is 31.3 Å². The van der Waals surface area contributed by atoms with Gasteiger partial charge in [0.15, 0.2) is 0 Å². The fraction of sp³-hybridized carbons (Fsp3) is 0.154. The minimum absolute atomic E-state index is 0.765. The Bertz CT molecular complexity index is 488. The third-order valence-corrected chi connectivity index (χ3v) is 3.62. The van der Waals surface area contributed by atoms with Crippen molar-refractivity contribution in [3.05, 3.63) is 53.3 Å². The third kappa shape index (κ3) is 3.46. The van der Waals surface area contributed by atoms with Crippen molar-refractivity contribution in [1.82, 2.24) is 10.3 Å². The molecule has 0 spiro atoms. The van der Waals surface area contributed by atoms with Gasteiger partial charge in [-0.1, -0.05) is 29.4 Å². The summed E-state index contributed by atoms with van der Waals surface area (Å²) < 4.78 is 0. The first kappa shape index (κ1) is 12.4. The summed E-state index contributed by atoms with van der Waals surface area (Å²) in [6.07, 6.45) is 3.59. The summed E-state index contributed by atoms with van der Waals surface area (Å²) in [4.78, 5) is 6.36. The lowest BCUT2D eigenvalue weighted by atomic mass is 10.2. The van der Waals surface area contributed by atoms with E-state index < -0.39 is 0 Å². The number of hydrogen-bond acceptors (Lipinski definition) is 3. The van der Waals surface area contributed by atoms with Crippen LogP contribution in [0.2, 0.25) is 5.02 Å². The Morgan fingerprint density at radius 3 is 2.71 bits per heavy atom. The van der Waals surface area contributed by atoms with E-state index in [1.165, 1.54) is 15.4 Å². The van der Waals surface area contributed by atoms with Gasteiger partial charge in [-0.3, -0.25) is 4.98 Å². The fourth-order valence-electron chi connectivity index (χ4n) is 1.49. The van der Waals surface area contributed by atoms with Crippen molar-refractivity contribution in [3.8, 4) is 0 Å². The number of rotatable bonds is 4. The van der Waals surface area contributed by atoms with Crippen molar-refractivity contribution in [1.29, 1.82) is 0 Å². The van der Waals surface area contributed by atoms with Crippen LogP contribution in [0.4, 0.5) is 0 Å². The zero-order chi connectivity index (χ0) is 12.1. The van der Waals surface area contributed by atoms with E-state index in [9.17, 15) is 0 Å². The van der Waals surface area contributed by atoms with Crippen LogP contribution in [0.1, 0.15) is 5.56 Å². The Kier molecular flexibility index (Phi) is 4.42. The van der Waals surface area contributed by atoms with Gasteiger partial charge >= 0.3 is 0 Å². The number of halogens is 1. The second-order valence-corrected chi connectivity index (χ2v) is 5.12. The highest BCUT2D eigenvalue weighted by Crippen LogP contribution is 2.32. The van der Waals surface area contributed by atoms with Gasteiger partial charge in [0.25, 0.3) is 0 Å². The van der Waals surface area contributed by atoms with Crippen LogP contribution in [0.15, 0.2) is 52.5 Å². The molecule has 0 saturated carbocycles. The molecule has 2 nitrogen and oxygen atoms in total. The number of nitrogens with one attached hydrogen (secondary N) is 1. The Labute approximate surface area is 110 Å². The summed E-state index contributed by atoms with van der Waals surface area (Å²) in [6, 6.07) is 9.97. The van der Waals surface area contributed by atoms with Gasteiger partial charge in [0, 0.05) is 33.8 Å². The molecule has 88 valence electrons. The van der Waals surface area contributed by atoms with Crippen LogP contribution in [0, 0.1) is 0 Å². The van der Waals surface area contributed by atoms with Crippen LogP contribution in [0.25, 0.3) is 0 Å². The Balaban J connectivity index is 2.27. The quantitative estimate of drug-likeness (QED) is 0.913. The van der Waals surface area contributed by atoms with Crippen molar-refractivity contribution in [2.24, 2.45) is 0 Å². The van der Waals surface area contributed by atoms with Gasteiger partial charge in [-0.05, 0) is 36.9 Å². The Morgan fingerprint density at radius 1 is 1.24 bits per heavy atom. The maximum absolute atomic E-state index is 6.04. The van der Waals surface area contributed by atoms with Crippen LogP contribution in [0.3, 0.4) is 0 Å². The van der Waals surface area contributed by atoms with Crippen LogP contribution in [0.5, 0.6) is 0 Å². The normalized spacial score (nSPS) is 10.5. The SMILES string of the molecule is CNCc1ccc(Cl)cc1Sc1ccncc1. The van der Waals surface area contributed by atoms with E-state index in [0.717, 1.165) is 11.6 Å². The van der Waals surface area contributed by atoms with Gasteiger partial charge in [0.05, 0.1) is 0 Å². The minimum atomic E-state index is 0.765. The largest absolute Gasteiger partial charge is 0.316 e. The topological polar surface area (TPSA) is 24.9 Å². The summed E-state index contributed by atoms with van der Waals surface area (Å²) >= 11 is 7.74. The zero-order valence-electron chi connectivity index (χ0n) is 9.48. The van der Waals surface area contributed by atoms with Crippen molar-refractivity contribution in [3.63, 3.8) is 0 Å². The first-order valence-electron chi connectivity index (χ1n) is 5.30. The summed E-state index contributed by atoms with van der Waals surface area (Å²) in [6.45, 7) is 0.838. The monoisotopic (exact) mass is 264 g/mol. The molecule has 2 aromatic rings. The predicted octanol–water partition coefficient (Wildman–Crippen LogP) is 3.61. The van der Waals surface area contributed by atoms with Crippen LogP contribution in [-0.4, -0.2) is 12.0 Å². The number of nitrogens with zero attached hydrogens (tertiary/aromatic N) is 1. The molecule has 4 heteroatoms. The molecule has 0 saturated heterocycles. The zero-order valence-corrected chi connectivity index (χ0v) is 11.1. The maximum atomic E-state index is 6.04. The molecule has 0 aliphatic carbocycles. The molecule has 0 aliphatic rings. The molecule has 0 fully saturated rings. The highest BCUT2D eigenvalue weighted by molar-refractivity contribution is 7.99. The third-order valence-electron chi connectivity index (χ3n) is 2.27. The first-order valence-corrected chi connectivity index (χ1v) is 6.50. The maximum Gasteiger partial charge on any atom is 0.0417 e. The van der Waals surface area contributed by atoms with E-state index in [2.05, 4.69) is 16.4 Å². The molecule has 2 rings (SSSR count). The lowest BCUT2D eigenvalue weighted by Gasteiger charge is -2.09. The van der Waals surface area contributed by atoms with E-state index in [1.54, 1.807) is 24.2 Å². The summed E-state index contributed by atoms with van der Waals surface area (Å²) in [5.74, 6) is 0. The predicted molar refractivity (Wildman–Crippen MR) is 72.6 cm³/mol. The van der Waals surface area contributed by atoms with Crippen molar-refractivity contribution in [2.75, 3.05) is 7.05 Å². The average Bonchev–Trinajstić information content (AvgIpc) is 2.34. The molecular weight excluding hydrogens is 252 g/mol. The molecule has 1 aromatic carbocycles. The second kappa shape index (κ2) is 6.05. The molecule has 0 radical (unpaired) electrons. The van der Waals surface area contributed by atoms with Crippen LogP contribution < -0.4 is 5.32 Å². The molecule has 1 aromatic heterocycles. The molecule has 0 amide bonds. The van der Waals surface area contributed by atoms with Gasteiger partial charge in [-0.2, -0.15) is 0 Å². The van der Waals surface area contributed by atoms with Crippen molar-refractivity contribution < 1.29 is 0 Å². The fourth-order valence-corrected chi connectivity index (χ4v) is 2.70. The van der Waals surface area contributed by atoms with Crippen molar-refractivity contribution in [2.45, 2.75) is 16.3 Å². The summed E-state index contributed by atoms with van der Waals surface area (Å²) in [7, 11) is 1.94. The van der Waals surface area contributed by atoms with Crippen LogP contribution >= 0.6 is 23.4 Å². The van der Waals surface area contributed by atoms with E-state index in [0.29, 0.717) is 0 Å². The lowest BCUT2D eigenvalue weighted by molar-refractivity contribution is 0.803. The molecule has 17 heavy (non-hydrogen) atoms. The highest BCUT2D eigenvalue weighted by Gasteiger charge is 2.04. The number of pyridine rings is 1. The highest BCUT2D eigenvalue weighted by atomic mass is 35.5. The molecular formula is C13H13ClN2S. The van der Waals surface area contributed by atoms with Gasteiger partial charge in [-0.15, -0.1) is 0 Å².